The summed E-state index contributed by atoms with van der Waals surface area (Å²) in [5, 5.41) is 8.87. The van der Waals surface area contributed by atoms with E-state index in [1.807, 2.05) is 0 Å². The van der Waals surface area contributed by atoms with E-state index < -0.39 is 11.8 Å². The smallest absolute Gasteiger partial charge is 0.335 e. The Morgan fingerprint density at radius 2 is 1.95 bits per heavy atom. The molecule has 0 fully saturated rings. The number of halogens is 3. The Hall–Kier alpha value is -1.40. The fraction of sp³-hybridized carbons (Fsp3) is 0.0714. The molecule has 2 rings (SSSR count). The number of benzene rings is 2. The van der Waals surface area contributed by atoms with E-state index in [1.54, 1.807) is 6.07 Å². The predicted molar refractivity (Wildman–Crippen MR) is 77.0 cm³/mol. The predicted octanol–water partition coefficient (Wildman–Crippen LogP) is 4.72. The highest BCUT2D eigenvalue weighted by atomic mass is 79.9. The molecule has 0 atom stereocenters. The molecule has 0 unspecified atom stereocenters. The number of carboxylic acids is 1. The monoisotopic (exact) mass is 358 g/mol. The molecule has 1 N–H and O–H groups in total. The third-order valence-corrected chi connectivity index (χ3v) is 4.05. The summed E-state index contributed by atoms with van der Waals surface area (Å²) in [6.45, 7) is 0. The van der Waals surface area contributed by atoms with E-state index in [0.717, 1.165) is 17.8 Å². The van der Waals surface area contributed by atoms with Crippen molar-refractivity contribution < 1.29 is 18.7 Å². The highest BCUT2D eigenvalue weighted by molar-refractivity contribution is 9.10. The summed E-state index contributed by atoms with van der Waals surface area (Å²) in [5.74, 6) is -1.64. The zero-order chi connectivity index (χ0) is 14.7. The van der Waals surface area contributed by atoms with E-state index >= 15 is 0 Å². The number of hydrogen-bond acceptors (Lipinski definition) is 2. The quantitative estimate of drug-likeness (QED) is 0.803. The Morgan fingerprint density at radius 1 is 1.20 bits per heavy atom. The summed E-state index contributed by atoms with van der Waals surface area (Å²) in [4.78, 5) is 11.1. The average molecular weight is 359 g/mol. The number of hydrogen-bond donors (Lipinski definition) is 1. The molecular weight excluding hydrogens is 350 g/mol. The van der Waals surface area contributed by atoms with Crippen molar-refractivity contribution in [1.29, 1.82) is 0 Å². The third kappa shape index (κ3) is 3.80. The zero-order valence-corrected chi connectivity index (χ0v) is 12.5. The molecule has 2 aromatic carbocycles. The summed E-state index contributed by atoms with van der Waals surface area (Å²) in [6.07, 6.45) is 0. The second-order valence-electron chi connectivity index (χ2n) is 4.02. The van der Waals surface area contributed by atoms with Gasteiger partial charge in [0.05, 0.1) is 5.56 Å². The third-order valence-electron chi connectivity index (χ3n) is 2.49. The van der Waals surface area contributed by atoms with Crippen molar-refractivity contribution in [3.05, 3.63) is 63.6 Å². The van der Waals surface area contributed by atoms with Crippen LogP contribution in [0.4, 0.5) is 8.78 Å². The first-order valence-electron chi connectivity index (χ1n) is 5.56. The SMILES string of the molecule is O=C(O)c1ccc(F)c(SCc2cc(F)cc(Br)c2)c1. The highest BCUT2D eigenvalue weighted by Crippen LogP contribution is 2.28. The van der Waals surface area contributed by atoms with Gasteiger partial charge in [0.15, 0.2) is 0 Å². The Bertz CT molecular complexity index is 641. The van der Waals surface area contributed by atoms with Gasteiger partial charge in [-0.15, -0.1) is 11.8 Å². The molecule has 0 heterocycles. The number of aromatic carboxylic acids is 1. The van der Waals surface area contributed by atoms with Gasteiger partial charge in [-0.05, 0) is 42.0 Å². The van der Waals surface area contributed by atoms with Crippen LogP contribution in [0.2, 0.25) is 0 Å². The van der Waals surface area contributed by atoms with Crippen LogP contribution >= 0.6 is 27.7 Å². The van der Waals surface area contributed by atoms with Gasteiger partial charge in [0.1, 0.15) is 11.6 Å². The number of rotatable bonds is 4. The van der Waals surface area contributed by atoms with Crippen LogP contribution < -0.4 is 0 Å². The van der Waals surface area contributed by atoms with Gasteiger partial charge < -0.3 is 5.11 Å². The molecule has 6 heteroatoms. The molecule has 0 aliphatic carbocycles. The molecule has 2 nitrogen and oxygen atoms in total. The lowest BCUT2D eigenvalue weighted by atomic mass is 10.2. The second kappa shape index (κ2) is 6.37. The maximum absolute atomic E-state index is 13.6. The maximum atomic E-state index is 13.6. The molecular formula is C14H9BrF2O2S. The van der Waals surface area contributed by atoms with Crippen molar-refractivity contribution in [3.63, 3.8) is 0 Å². The largest absolute Gasteiger partial charge is 0.478 e. The van der Waals surface area contributed by atoms with Gasteiger partial charge in [-0.1, -0.05) is 15.9 Å². The first-order chi connectivity index (χ1) is 9.45. The lowest BCUT2D eigenvalue weighted by Gasteiger charge is -2.06. The first kappa shape index (κ1) is 15.0. The van der Waals surface area contributed by atoms with Gasteiger partial charge in [-0.3, -0.25) is 0 Å². The van der Waals surface area contributed by atoms with E-state index in [-0.39, 0.29) is 16.3 Å². The highest BCUT2D eigenvalue weighted by Gasteiger charge is 2.09. The number of carboxylic acid groups (broad SMARTS) is 1. The zero-order valence-electron chi connectivity index (χ0n) is 10.1. The Balaban J connectivity index is 2.18. The summed E-state index contributed by atoms with van der Waals surface area (Å²) >= 11 is 4.31. The minimum Gasteiger partial charge on any atom is -0.478 e. The molecule has 0 spiro atoms. The van der Waals surface area contributed by atoms with Gasteiger partial charge in [-0.2, -0.15) is 0 Å². The minimum absolute atomic E-state index is 0.0225. The van der Waals surface area contributed by atoms with Gasteiger partial charge in [0, 0.05) is 15.1 Å². The van der Waals surface area contributed by atoms with Gasteiger partial charge in [0.25, 0.3) is 0 Å². The first-order valence-corrected chi connectivity index (χ1v) is 7.34. The van der Waals surface area contributed by atoms with Crippen LogP contribution in [0.1, 0.15) is 15.9 Å². The topological polar surface area (TPSA) is 37.3 Å². The lowest BCUT2D eigenvalue weighted by molar-refractivity contribution is 0.0696. The normalized spacial score (nSPS) is 10.6. The summed E-state index contributed by atoms with van der Waals surface area (Å²) < 4.78 is 27.4. The number of carbonyl (C=O) groups is 1. The Kier molecular flexibility index (Phi) is 4.77. The van der Waals surface area contributed by atoms with Crippen LogP contribution in [0.3, 0.4) is 0 Å². The fourth-order valence-electron chi connectivity index (χ4n) is 1.60. The van der Waals surface area contributed by atoms with Crippen LogP contribution in [0.15, 0.2) is 45.8 Å². The van der Waals surface area contributed by atoms with Crippen molar-refractivity contribution in [2.75, 3.05) is 0 Å². The summed E-state index contributed by atoms with van der Waals surface area (Å²) in [6, 6.07) is 8.02. The van der Waals surface area contributed by atoms with Gasteiger partial charge in [-0.25, -0.2) is 13.6 Å². The molecule has 0 saturated carbocycles. The van der Waals surface area contributed by atoms with Crippen LogP contribution in [0.25, 0.3) is 0 Å². The molecule has 0 aliphatic rings. The van der Waals surface area contributed by atoms with E-state index in [0.29, 0.717) is 15.8 Å². The summed E-state index contributed by atoms with van der Waals surface area (Å²) in [5.41, 5.74) is 0.705. The molecule has 20 heavy (non-hydrogen) atoms. The van der Waals surface area contributed by atoms with Crippen molar-refractivity contribution in [3.8, 4) is 0 Å². The fourth-order valence-corrected chi connectivity index (χ4v) is 3.02. The van der Waals surface area contributed by atoms with Gasteiger partial charge in [0.2, 0.25) is 0 Å². The molecule has 0 amide bonds. The molecule has 0 saturated heterocycles. The van der Waals surface area contributed by atoms with Crippen LogP contribution in [-0.4, -0.2) is 11.1 Å². The van der Waals surface area contributed by atoms with Gasteiger partial charge >= 0.3 is 5.97 Å². The minimum atomic E-state index is -1.11. The molecule has 104 valence electrons. The average Bonchev–Trinajstić information content (AvgIpc) is 2.36. The lowest BCUT2D eigenvalue weighted by Crippen LogP contribution is -1.97. The molecule has 0 aromatic heterocycles. The maximum Gasteiger partial charge on any atom is 0.335 e. The van der Waals surface area contributed by atoms with E-state index in [9.17, 15) is 13.6 Å². The molecule has 0 aliphatic heterocycles. The molecule has 0 bridgehead atoms. The van der Waals surface area contributed by atoms with Crippen LogP contribution in [0, 0.1) is 11.6 Å². The molecule has 0 radical (unpaired) electrons. The van der Waals surface area contributed by atoms with Crippen molar-refractivity contribution in [2.24, 2.45) is 0 Å². The van der Waals surface area contributed by atoms with Crippen molar-refractivity contribution in [2.45, 2.75) is 10.6 Å². The van der Waals surface area contributed by atoms with Crippen LogP contribution in [-0.2, 0) is 5.75 Å². The van der Waals surface area contributed by atoms with Crippen molar-refractivity contribution >= 4 is 33.7 Å². The number of thioether (sulfide) groups is 1. The van der Waals surface area contributed by atoms with E-state index in [2.05, 4.69) is 15.9 Å². The molecule has 2 aromatic rings. The van der Waals surface area contributed by atoms with Crippen LogP contribution in [0.5, 0.6) is 0 Å². The van der Waals surface area contributed by atoms with E-state index in [4.69, 9.17) is 5.11 Å². The van der Waals surface area contributed by atoms with Crippen molar-refractivity contribution in [1.82, 2.24) is 0 Å². The summed E-state index contributed by atoms with van der Waals surface area (Å²) in [7, 11) is 0. The van der Waals surface area contributed by atoms with E-state index in [1.165, 1.54) is 24.3 Å². The Labute approximate surface area is 126 Å². The second-order valence-corrected chi connectivity index (χ2v) is 5.95. The standard InChI is InChI=1S/C14H9BrF2O2S/c15-10-3-8(4-11(16)6-10)7-20-13-5-9(14(18)19)1-2-12(13)17/h1-6H,7H2,(H,18,19). The Morgan fingerprint density at radius 3 is 2.60 bits per heavy atom.